The van der Waals surface area contributed by atoms with Crippen LogP contribution in [-0.4, -0.2) is 43.4 Å². The van der Waals surface area contributed by atoms with E-state index in [1.807, 2.05) is 0 Å². The van der Waals surface area contributed by atoms with E-state index in [1.165, 1.54) is 13.2 Å². The van der Waals surface area contributed by atoms with Gasteiger partial charge in [0.05, 0.1) is 19.3 Å². The van der Waals surface area contributed by atoms with E-state index in [4.69, 9.17) is 4.74 Å². The van der Waals surface area contributed by atoms with Crippen LogP contribution in [0.2, 0.25) is 0 Å². The van der Waals surface area contributed by atoms with Gasteiger partial charge in [-0.3, -0.25) is 4.79 Å². The minimum atomic E-state index is -0.457. The van der Waals surface area contributed by atoms with Crippen LogP contribution < -0.4 is 15.4 Å². The third kappa shape index (κ3) is 3.68. The summed E-state index contributed by atoms with van der Waals surface area (Å²) in [5.41, 5.74) is 0.794. The zero-order valence-corrected chi connectivity index (χ0v) is 11.4. The average molecular weight is 282 g/mol. The summed E-state index contributed by atoms with van der Waals surface area (Å²) in [6.07, 6.45) is 0.520. The summed E-state index contributed by atoms with van der Waals surface area (Å²) in [6.45, 7) is 0.876. The van der Waals surface area contributed by atoms with Crippen LogP contribution in [-0.2, 0) is 11.2 Å². The second-order valence-corrected chi connectivity index (χ2v) is 4.86. The number of aliphatic hydroxyl groups is 1. The summed E-state index contributed by atoms with van der Waals surface area (Å²) < 4.78 is 18.3. The molecule has 1 heterocycles. The first-order chi connectivity index (χ1) is 9.60. The number of β-amino-alcohol motifs (C(OH)–C–C–N with tert-alkyl or cyclic N) is 1. The number of hydrogen-bond acceptors (Lipinski definition) is 4. The molecule has 5 nitrogen and oxygen atoms in total. The molecule has 110 valence electrons. The Balaban J connectivity index is 1.78. The maximum Gasteiger partial charge on any atom is 0.237 e. The van der Waals surface area contributed by atoms with Crippen molar-refractivity contribution in [3.63, 3.8) is 0 Å². The molecule has 1 aliphatic rings. The number of hydrogen-bond donors (Lipinski definition) is 3. The van der Waals surface area contributed by atoms with Crippen molar-refractivity contribution in [2.75, 3.05) is 20.2 Å². The third-order valence-corrected chi connectivity index (χ3v) is 3.35. The first kappa shape index (κ1) is 14.7. The van der Waals surface area contributed by atoms with Gasteiger partial charge in [-0.15, -0.1) is 0 Å². The molecule has 1 fully saturated rings. The van der Waals surface area contributed by atoms with E-state index in [2.05, 4.69) is 10.6 Å². The van der Waals surface area contributed by atoms with Crippen molar-refractivity contribution in [2.24, 2.45) is 0 Å². The van der Waals surface area contributed by atoms with Crippen molar-refractivity contribution >= 4 is 5.91 Å². The van der Waals surface area contributed by atoms with E-state index in [0.717, 1.165) is 5.56 Å². The lowest BCUT2D eigenvalue weighted by Gasteiger charge is -2.11. The molecule has 0 spiro atoms. The van der Waals surface area contributed by atoms with Gasteiger partial charge >= 0.3 is 0 Å². The van der Waals surface area contributed by atoms with Gasteiger partial charge in [0, 0.05) is 13.1 Å². The highest BCUT2D eigenvalue weighted by Gasteiger charge is 2.27. The summed E-state index contributed by atoms with van der Waals surface area (Å²) in [5, 5.41) is 15.1. The Hall–Kier alpha value is -1.66. The van der Waals surface area contributed by atoms with Crippen LogP contribution >= 0.6 is 0 Å². The zero-order chi connectivity index (χ0) is 14.5. The number of aliphatic hydroxyl groups excluding tert-OH is 1. The SMILES string of the molecule is COc1ccc(CCNC(=O)C2CC(O)CN2)cc1F. The van der Waals surface area contributed by atoms with Crippen molar-refractivity contribution < 1.29 is 19.0 Å². The Kier molecular flexibility index (Phi) is 4.92. The maximum absolute atomic E-state index is 13.5. The van der Waals surface area contributed by atoms with Crippen LogP contribution in [0.5, 0.6) is 5.75 Å². The van der Waals surface area contributed by atoms with Gasteiger partial charge in [0.1, 0.15) is 0 Å². The lowest BCUT2D eigenvalue weighted by molar-refractivity contribution is -0.122. The molecular formula is C14H19FN2O3. The lowest BCUT2D eigenvalue weighted by atomic mass is 10.1. The Bertz CT molecular complexity index is 481. The number of nitrogens with one attached hydrogen (secondary N) is 2. The molecule has 2 atom stereocenters. The zero-order valence-electron chi connectivity index (χ0n) is 11.4. The van der Waals surface area contributed by atoms with Crippen molar-refractivity contribution in [1.29, 1.82) is 0 Å². The van der Waals surface area contributed by atoms with E-state index in [0.29, 0.717) is 25.9 Å². The quantitative estimate of drug-likeness (QED) is 0.722. The van der Waals surface area contributed by atoms with E-state index < -0.39 is 11.9 Å². The number of rotatable bonds is 5. The minimum absolute atomic E-state index is 0.129. The molecular weight excluding hydrogens is 263 g/mol. The summed E-state index contributed by atoms with van der Waals surface area (Å²) in [7, 11) is 1.42. The minimum Gasteiger partial charge on any atom is -0.494 e. The molecule has 1 aliphatic heterocycles. The molecule has 1 aromatic carbocycles. The van der Waals surface area contributed by atoms with Crippen molar-refractivity contribution in [3.8, 4) is 5.75 Å². The van der Waals surface area contributed by atoms with E-state index in [9.17, 15) is 14.3 Å². The fourth-order valence-electron chi connectivity index (χ4n) is 2.24. The van der Waals surface area contributed by atoms with Crippen LogP contribution in [0.25, 0.3) is 0 Å². The van der Waals surface area contributed by atoms with Crippen LogP contribution in [0.1, 0.15) is 12.0 Å². The monoisotopic (exact) mass is 282 g/mol. The molecule has 1 amide bonds. The van der Waals surface area contributed by atoms with E-state index in [-0.39, 0.29) is 17.7 Å². The molecule has 0 aliphatic carbocycles. The molecule has 1 saturated heterocycles. The van der Waals surface area contributed by atoms with Crippen LogP contribution in [0.4, 0.5) is 4.39 Å². The standard InChI is InChI=1S/C14H19FN2O3/c1-20-13-3-2-9(6-11(13)15)4-5-16-14(19)12-7-10(18)8-17-12/h2-3,6,10,12,17-18H,4-5,7-8H2,1H3,(H,16,19). The highest BCUT2D eigenvalue weighted by Crippen LogP contribution is 2.17. The van der Waals surface area contributed by atoms with Gasteiger partial charge in [-0.25, -0.2) is 4.39 Å². The largest absolute Gasteiger partial charge is 0.494 e. The van der Waals surface area contributed by atoms with Gasteiger partial charge in [0.2, 0.25) is 5.91 Å². The number of ether oxygens (including phenoxy) is 1. The molecule has 0 aromatic heterocycles. The Labute approximate surface area is 117 Å². The highest BCUT2D eigenvalue weighted by atomic mass is 19.1. The molecule has 0 saturated carbocycles. The van der Waals surface area contributed by atoms with Gasteiger partial charge in [-0.05, 0) is 30.5 Å². The molecule has 0 bridgehead atoms. The van der Waals surface area contributed by atoms with E-state index >= 15 is 0 Å². The summed E-state index contributed by atoms with van der Waals surface area (Å²) >= 11 is 0. The fraction of sp³-hybridized carbons (Fsp3) is 0.500. The molecule has 2 unspecified atom stereocenters. The molecule has 3 N–H and O–H groups in total. The number of benzene rings is 1. The van der Waals surface area contributed by atoms with Gasteiger partial charge < -0.3 is 20.5 Å². The van der Waals surface area contributed by atoms with Crippen LogP contribution in [0.15, 0.2) is 18.2 Å². The van der Waals surface area contributed by atoms with Crippen LogP contribution in [0.3, 0.4) is 0 Å². The number of amides is 1. The van der Waals surface area contributed by atoms with E-state index in [1.54, 1.807) is 12.1 Å². The maximum atomic E-state index is 13.5. The number of carbonyl (C=O) groups excluding carboxylic acids is 1. The smallest absolute Gasteiger partial charge is 0.237 e. The summed E-state index contributed by atoms with van der Waals surface area (Å²) in [4.78, 5) is 11.8. The Morgan fingerprint density at radius 1 is 1.60 bits per heavy atom. The predicted molar refractivity (Wildman–Crippen MR) is 72.1 cm³/mol. The Morgan fingerprint density at radius 2 is 2.40 bits per heavy atom. The summed E-state index contributed by atoms with van der Waals surface area (Å²) in [5.74, 6) is -0.325. The molecule has 1 aromatic rings. The third-order valence-electron chi connectivity index (χ3n) is 3.35. The first-order valence-electron chi connectivity index (χ1n) is 6.61. The average Bonchev–Trinajstić information content (AvgIpc) is 2.85. The van der Waals surface area contributed by atoms with Gasteiger partial charge in [-0.1, -0.05) is 6.07 Å². The van der Waals surface area contributed by atoms with Crippen molar-refractivity contribution in [1.82, 2.24) is 10.6 Å². The van der Waals surface area contributed by atoms with Gasteiger partial charge in [0.15, 0.2) is 11.6 Å². The molecule has 6 heteroatoms. The van der Waals surface area contributed by atoms with Crippen LogP contribution in [0, 0.1) is 5.82 Å². The predicted octanol–water partition coefficient (Wildman–Crippen LogP) is 0.216. The molecule has 0 radical (unpaired) electrons. The molecule has 2 rings (SSSR count). The fourth-order valence-corrected chi connectivity index (χ4v) is 2.24. The molecule has 20 heavy (non-hydrogen) atoms. The number of carbonyl (C=O) groups is 1. The lowest BCUT2D eigenvalue weighted by Crippen LogP contribution is -2.41. The van der Waals surface area contributed by atoms with Gasteiger partial charge in [0.25, 0.3) is 0 Å². The van der Waals surface area contributed by atoms with Crippen molar-refractivity contribution in [3.05, 3.63) is 29.6 Å². The second-order valence-electron chi connectivity index (χ2n) is 4.86. The topological polar surface area (TPSA) is 70.6 Å². The van der Waals surface area contributed by atoms with Crippen molar-refractivity contribution in [2.45, 2.75) is 25.0 Å². The summed E-state index contributed by atoms with van der Waals surface area (Å²) in [6, 6.07) is 4.41. The number of halogens is 1. The first-order valence-corrected chi connectivity index (χ1v) is 6.61. The second kappa shape index (κ2) is 6.67. The highest BCUT2D eigenvalue weighted by molar-refractivity contribution is 5.82. The normalized spacial score (nSPS) is 21.8. The number of methoxy groups -OCH3 is 1. The Morgan fingerprint density at radius 3 is 3.00 bits per heavy atom. The van der Waals surface area contributed by atoms with Gasteiger partial charge in [-0.2, -0.15) is 0 Å².